The van der Waals surface area contributed by atoms with E-state index < -0.39 is 15.7 Å². The van der Waals surface area contributed by atoms with E-state index >= 15 is 0 Å². The Bertz CT molecular complexity index is 237. The highest BCUT2D eigenvalue weighted by molar-refractivity contribution is 6.75. The first-order valence-electron chi connectivity index (χ1n) is 3.84. The Morgan fingerprint density at radius 3 is 1.86 bits per heavy atom. The van der Waals surface area contributed by atoms with E-state index in [2.05, 4.69) is 4.74 Å². The standard InChI is InChI=1S/C8H11Cl3O3/c1-7(2,3)4-5(12)14-6(13)8(9,10)11/h4H2,1-3H3. The fourth-order valence-corrected chi connectivity index (χ4v) is 0.746. The van der Waals surface area contributed by atoms with Gasteiger partial charge in [0, 0.05) is 0 Å². The molecule has 0 radical (unpaired) electrons. The fraction of sp³-hybridized carbons (Fsp3) is 0.750. The average Bonchev–Trinajstić information content (AvgIpc) is 1.79. The summed E-state index contributed by atoms with van der Waals surface area (Å²) in [5.41, 5.74) is -0.273. The van der Waals surface area contributed by atoms with Crippen LogP contribution in [0, 0.1) is 5.41 Å². The summed E-state index contributed by atoms with van der Waals surface area (Å²) in [6.07, 6.45) is 0.0828. The molecular weight excluding hydrogens is 250 g/mol. The maximum atomic E-state index is 11.1. The third-order valence-corrected chi connectivity index (χ3v) is 1.58. The number of alkyl halides is 3. The van der Waals surface area contributed by atoms with Gasteiger partial charge in [-0.3, -0.25) is 4.79 Å². The van der Waals surface area contributed by atoms with Gasteiger partial charge in [0.1, 0.15) is 0 Å². The molecule has 0 spiro atoms. The quantitative estimate of drug-likeness (QED) is 0.414. The lowest BCUT2D eigenvalue weighted by Gasteiger charge is -2.16. The molecule has 0 atom stereocenters. The molecular formula is C8H11Cl3O3. The van der Waals surface area contributed by atoms with Crippen LogP contribution in [0.5, 0.6) is 0 Å². The van der Waals surface area contributed by atoms with E-state index in [1.807, 2.05) is 20.8 Å². The van der Waals surface area contributed by atoms with E-state index in [1.165, 1.54) is 0 Å². The van der Waals surface area contributed by atoms with Crippen LogP contribution in [0.15, 0.2) is 0 Å². The largest absolute Gasteiger partial charge is 0.390 e. The Morgan fingerprint density at radius 1 is 1.14 bits per heavy atom. The zero-order chi connectivity index (χ0) is 11.6. The molecule has 0 fully saturated rings. The van der Waals surface area contributed by atoms with Crippen LogP contribution in [-0.2, 0) is 14.3 Å². The van der Waals surface area contributed by atoms with Crippen molar-refractivity contribution >= 4 is 46.7 Å². The normalized spacial score (nSPS) is 12.4. The van der Waals surface area contributed by atoms with Crippen molar-refractivity contribution < 1.29 is 14.3 Å². The van der Waals surface area contributed by atoms with E-state index in [0.717, 1.165) is 0 Å². The van der Waals surface area contributed by atoms with Crippen molar-refractivity contribution in [2.75, 3.05) is 0 Å². The number of hydrogen-bond acceptors (Lipinski definition) is 3. The van der Waals surface area contributed by atoms with Crippen LogP contribution in [0.2, 0.25) is 0 Å². The van der Waals surface area contributed by atoms with Gasteiger partial charge in [-0.2, -0.15) is 0 Å². The molecule has 3 nitrogen and oxygen atoms in total. The second-order valence-corrected chi connectivity index (χ2v) is 6.28. The monoisotopic (exact) mass is 260 g/mol. The molecule has 0 rings (SSSR count). The first-order valence-corrected chi connectivity index (χ1v) is 4.97. The van der Waals surface area contributed by atoms with Crippen molar-refractivity contribution in [3.63, 3.8) is 0 Å². The summed E-state index contributed by atoms with van der Waals surface area (Å²) in [6.45, 7) is 5.48. The van der Waals surface area contributed by atoms with Gasteiger partial charge in [0.25, 0.3) is 3.79 Å². The van der Waals surface area contributed by atoms with Gasteiger partial charge in [0.15, 0.2) is 0 Å². The van der Waals surface area contributed by atoms with Crippen LogP contribution >= 0.6 is 34.8 Å². The molecule has 0 aliphatic carbocycles. The van der Waals surface area contributed by atoms with Gasteiger partial charge >= 0.3 is 11.9 Å². The van der Waals surface area contributed by atoms with Crippen LogP contribution in [0.25, 0.3) is 0 Å². The van der Waals surface area contributed by atoms with Crippen LogP contribution in [0.3, 0.4) is 0 Å². The molecule has 0 bridgehead atoms. The Hall–Kier alpha value is 0.01000. The number of ether oxygens (including phenoxy) is 1. The van der Waals surface area contributed by atoms with Gasteiger partial charge in [-0.15, -0.1) is 0 Å². The Kier molecular flexibility index (Phi) is 4.69. The lowest BCUT2D eigenvalue weighted by Crippen LogP contribution is -2.27. The molecule has 0 saturated heterocycles. The molecule has 0 heterocycles. The van der Waals surface area contributed by atoms with Gasteiger partial charge in [-0.1, -0.05) is 55.6 Å². The van der Waals surface area contributed by atoms with Gasteiger partial charge in [0.05, 0.1) is 6.42 Å². The third-order valence-electron chi connectivity index (χ3n) is 1.11. The molecule has 0 aliphatic rings. The molecule has 0 aromatic heterocycles. The second kappa shape index (κ2) is 4.69. The minimum Gasteiger partial charge on any atom is -0.390 e. The molecule has 82 valence electrons. The smallest absolute Gasteiger partial charge is 0.366 e. The number of halogens is 3. The van der Waals surface area contributed by atoms with Crippen molar-refractivity contribution in [3.8, 4) is 0 Å². The highest BCUT2D eigenvalue weighted by atomic mass is 35.6. The predicted octanol–water partition coefficient (Wildman–Crippen LogP) is 2.86. The van der Waals surface area contributed by atoms with E-state index in [4.69, 9.17) is 34.8 Å². The van der Waals surface area contributed by atoms with Crippen molar-refractivity contribution in [2.45, 2.75) is 31.0 Å². The predicted molar refractivity (Wildman–Crippen MR) is 55.5 cm³/mol. The molecule has 14 heavy (non-hydrogen) atoms. The van der Waals surface area contributed by atoms with E-state index in [-0.39, 0.29) is 11.8 Å². The lowest BCUT2D eigenvalue weighted by atomic mass is 9.93. The summed E-state index contributed by atoms with van der Waals surface area (Å²) in [4.78, 5) is 22.0. The third kappa shape index (κ3) is 6.46. The van der Waals surface area contributed by atoms with Gasteiger partial charge < -0.3 is 4.74 Å². The summed E-state index contributed by atoms with van der Waals surface area (Å²) in [5, 5.41) is 0. The molecule has 0 amide bonds. The molecule has 0 aliphatic heterocycles. The minimum absolute atomic E-state index is 0.0828. The summed E-state index contributed by atoms with van der Waals surface area (Å²) < 4.78 is 2.12. The summed E-state index contributed by atoms with van der Waals surface area (Å²) >= 11 is 15.6. The summed E-state index contributed by atoms with van der Waals surface area (Å²) in [6, 6.07) is 0. The number of esters is 2. The lowest BCUT2D eigenvalue weighted by molar-refractivity contribution is -0.160. The highest BCUT2D eigenvalue weighted by Gasteiger charge is 2.35. The first kappa shape index (κ1) is 14.0. The van der Waals surface area contributed by atoms with E-state index in [0.29, 0.717) is 0 Å². The maximum absolute atomic E-state index is 11.1. The van der Waals surface area contributed by atoms with Crippen LogP contribution in [0.1, 0.15) is 27.2 Å². The fourth-order valence-electron chi connectivity index (χ4n) is 0.630. The number of carbonyl (C=O) groups excluding carboxylic acids is 2. The van der Waals surface area contributed by atoms with Crippen molar-refractivity contribution in [2.24, 2.45) is 5.41 Å². The van der Waals surface area contributed by atoms with Crippen LogP contribution in [0.4, 0.5) is 0 Å². The average molecular weight is 262 g/mol. The van der Waals surface area contributed by atoms with Gasteiger partial charge in [0.2, 0.25) is 0 Å². The number of hydrogen-bond donors (Lipinski definition) is 0. The van der Waals surface area contributed by atoms with E-state index in [1.54, 1.807) is 0 Å². The molecule has 6 heteroatoms. The Balaban J connectivity index is 4.16. The SMILES string of the molecule is CC(C)(C)CC(=O)OC(=O)C(Cl)(Cl)Cl. The van der Waals surface area contributed by atoms with Gasteiger partial charge in [-0.25, -0.2) is 4.79 Å². The Labute approximate surface area is 97.6 Å². The van der Waals surface area contributed by atoms with Crippen molar-refractivity contribution in [1.29, 1.82) is 0 Å². The zero-order valence-electron chi connectivity index (χ0n) is 8.07. The molecule has 0 saturated carbocycles. The number of carbonyl (C=O) groups is 2. The minimum atomic E-state index is -2.20. The topological polar surface area (TPSA) is 43.4 Å². The zero-order valence-corrected chi connectivity index (χ0v) is 10.3. The van der Waals surface area contributed by atoms with Crippen LogP contribution in [-0.4, -0.2) is 15.7 Å². The number of rotatable bonds is 1. The molecule has 0 aromatic carbocycles. The molecule has 0 unspecified atom stereocenters. The Morgan fingerprint density at radius 2 is 1.57 bits per heavy atom. The molecule has 0 aromatic rings. The summed E-state index contributed by atoms with van der Waals surface area (Å²) in [7, 11) is 0. The van der Waals surface area contributed by atoms with Crippen LogP contribution < -0.4 is 0 Å². The van der Waals surface area contributed by atoms with Crippen molar-refractivity contribution in [3.05, 3.63) is 0 Å². The second-order valence-electron chi connectivity index (χ2n) is 4.00. The van der Waals surface area contributed by atoms with Crippen molar-refractivity contribution in [1.82, 2.24) is 0 Å². The maximum Gasteiger partial charge on any atom is 0.366 e. The highest BCUT2D eigenvalue weighted by Crippen LogP contribution is 2.28. The van der Waals surface area contributed by atoms with Gasteiger partial charge in [-0.05, 0) is 5.41 Å². The van der Waals surface area contributed by atoms with E-state index in [9.17, 15) is 9.59 Å². The molecule has 0 N–H and O–H groups in total. The summed E-state index contributed by atoms with van der Waals surface area (Å²) in [5.74, 6) is -1.87. The first-order chi connectivity index (χ1) is 6.02.